The van der Waals surface area contributed by atoms with Crippen molar-refractivity contribution in [2.45, 2.75) is 6.92 Å². The maximum Gasteiger partial charge on any atom is 0.338 e. The number of benzene rings is 1. The summed E-state index contributed by atoms with van der Waals surface area (Å²) < 4.78 is 4.71. The van der Waals surface area contributed by atoms with Gasteiger partial charge in [0.2, 0.25) is 0 Å². The van der Waals surface area contributed by atoms with Crippen LogP contribution in [0.1, 0.15) is 15.9 Å². The van der Waals surface area contributed by atoms with E-state index in [9.17, 15) is 4.79 Å². The number of H-pyrrole nitrogens is 1. The standard InChI is InChI=1S/C10H9ClN2O2/c1-5-3-4-6-8(9(11)13-12-6)7(5)10(14)15-2/h3-4H,1-2H3,(H,12,13). The Labute approximate surface area is 91.2 Å². The number of aryl methyl sites for hydroxylation is 1. The van der Waals surface area contributed by atoms with Crippen LogP contribution in [0.2, 0.25) is 5.15 Å². The van der Waals surface area contributed by atoms with Crippen molar-refractivity contribution in [3.05, 3.63) is 28.4 Å². The molecule has 2 aromatic rings. The fourth-order valence-corrected chi connectivity index (χ4v) is 1.78. The summed E-state index contributed by atoms with van der Waals surface area (Å²) in [6.45, 7) is 1.83. The number of carbonyl (C=O) groups excluding carboxylic acids is 1. The van der Waals surface area contributed by atoms with E-state index in [1.807, 2.05) is 13.0 Å². The highest BCUT2D eigenvalue weighted by molar-refractivity contribution is 6.35. The molecule has 0 atom stereocenters. The second kappa shape index (κ2) is 3.55. The summed E-state index contributed by atoms with van der Waals surface area (Å²) in [5, 5.41) is 7.57. The van der Waals surface area contributed by atoms with Gasteiger partial charge in [0, 0.05) is 0 Å². The predicted molar refractivity (Wildman–Crippen MR) is 57.2 cm³/mol. The van der Waals surface area contributed by atoms with Gasteiger partial charge < -0.3 is 4.74 Å². The van der Waals surface area contributed by atoms with Gasteiger partial charge in [0.15, 0.2) is 0 Å². The average molecular weight is 225 g/mol. The summed E-state index contributed by atoms with van der Waals surface area (Å²) in [6.07, 6.45) is 0. The summed E-state index contributed by atoms with van der Waals surface area (Å²) in [5.74, 6) is -0.401. The molecule has 0 radical (unpaired) electrons. The lowest BCUT2D eigenvalue weighted by Gasteiger charge is -2.04. The number of hydrogen-bond acceptors (Lipinski definition) is 3. The number of nitrogens with one attached hydrogen (secondary N) is 1. The van der Waals surface area contributed by atoms with E-state index in [2.05, 4.69) is 10.2 Å². The third-order valence-corrected chi connectivity index (χ3v) is 2.55. The van der Waals surface area contributed by atoms with Crippen molar-refractivity contribution in [3.8, 4) is 0 Å². The Kier molecular flexibility index (Phi) is 2.36. The fourth-order valence-electron chi connectivity index (χ4n) is 1.54. The van der Waals surface area contributed by atoms with Crippen molar-refractivity contribution in [2.75, 3.05) is 7.11 Å². The van der Waals surface area contributed by atoms with E-state index in [1.54, 1.807) is 6.07 Å². The molecule has 0 saturated carbocycles. The van der Waals surface area contributed by atoms with Crippen LogP contribution in [0, 0.1) is 6.92 Å². The number of aromatic amines is 1. The quantitative estimate of drug-likeness (QED) is 0.757. The molecule has 1 aromatic carbocycles. The fraction of sp³-hybridized carbons (Fsp3) is 0.200. The zero-order valence-corrected chi connectivity index (χ0v) is 9.05. The molecule has 0 amide bonds. The van der Waals surface area contributed by atoms with Crippen molar-refractivity contribution >= 4 is 28.5 Å². The zero-order chi connectivity index (χ0) is 11.0. The average Bonchev–Trinajstić information content (AvgIpc) is 2.60. The van der Waals surface area contributed by atoms with Gasteiger partial charge in [-0.05, 0) is 18.6 Å². The Morgan fingerprint density at radius 2 is 2.27 bits per heavy atom. The maximum atomic E-state index is 11.6. The number of methoxy groups -OCH3 is 1. The molecule has 5 heteroatoms. The third kappa shape index (κ3) is 1.47. The highest BCUT2D eigenvalue weighted by atomic mass is 35.5. The van der Waals surface area contributed by atoms with Gasteiger partial charge in [-0.2, -0.15) is 5.10 Å². The number of esters is 1. The number of aromatic nitrogens is 2. The van der Waals surface area contributed by atoms with Crippen LogP contribution in [-0.2, 0) is 4.74 Å². The van der Waals surface area contributed by atoms with Gasteiger partial charge in [-0.1, -0.05) is 17.7 Å². The third-order valence-electron chi connectivity index (χ3n) is 2.28. The summed E-state index contributed by atoms with van der Waals surface area (Å²) in [4.78, 5) is 11.6. The predicted octanol–water partition coefficient (Wildman–Crippen LogP) is 2.31. The second-order valence-corrected chi connectivity index (χ2v) is 3.56. The molecular weight excluding hydrogens is 216 g/mol. The van der Waals surface area contributed by atoms with Crippen LogP contribution in [0.4, 0.5) is 0 Å². The first kappa shape index (κ1) is 9.98. The number of rotatable bonds is 1. The molecular formula is C10H9ClN2O2. The molecule has 1 aromatic heterocycles. The summed E-state index contributed by atoms with van der Waals surface area (Å²) >= 11 is 5.92. The molecule has 2 rings (SSSR count). The second-order valence-electron chi connectivity index (χ2n) is 3.18. The van der Waals surface area contributed by atoms with Gasteiger partial charge in [0.05, 0.1) is 23.6 Å². The lowest BCUT2D eigenvalue weighted by molar-refractivity contribution is 0.0602. The molecule has 0 saturated heterocycles. The first-order chi connectivity index (χ1) is 7.15. The molecule has 15 heavy (non-hydrogen) atoms. The molecule has 0 aliphatic rings. The van der Waals surface area contributed by atoms with Gasteiger partial charge in [0.25, 0.3) is 0 Å². The van der Waals surface area contributed by atoms with Crippen LogP contribution in [-0.4, -0.2) is 23.3 Å². The molecule has 78 valence electrons. The number of halogens is 1. The monoisotopic (exact) mass is 224 g/mol. The largest absolute Gasteiger partial charge is 0.465 e. The van der Waals surface area contributed by atoms with Gasteiger partial charge in [0.1, 0.15) is 5.15 Å². The van der Waals surface area contributed by atoms with Crippen LogP contribution < -0.4 is 0 Å². The molecule has 0 aliphatic heterocycles. The lowest BCUT2D eigenvalue weighted by atomic mass is 10.0. The molecule has 1 heterocycles. The molecule has 0 aliphatic carbocycles. The number of ether oxygens (including phenoxy) is 1. The van der Waals surface area contributed by atoms with E-state index >= 15 is 0 Å². The number of fused-ring (bicyclic) bond motifs is 1. The van der Waals surface area contributed by atoms with Crippen molar-refractivity contribution in [2.24, 2.45) is 0 Å². The summed E-state index contributed by atoms with van der Waals surface area (Å²) in [7, 11) is 1.34. The van der Waals surface area contributed by atoms with Crippen LogP contribution in [0.25, 0.3) is 10.9 Å². The Balaban J connectivity index is 2.84. The van der Waals surface area contributed by atoms with Gasteiger partial charge in [-0.3, -0.25) is 5.10 Å². The molecule has 0 fully saturated rings. The first-order valence-corrected chi connectivity index (χ1v) is 4.74. The van der Waals surface area contributed by atoms with E-state index in [0.29, 0.717) is 21.6 Å². The first-order valence-electron chi connectivity index (χ1n) is 4.36. The van der Waals surface area contributed by atoms with Crippen LogP contribution >= 0.6 is 11.6 Å². The molecule has 0 spiro atoms. The normalized spacial score (nSPS) is 10.6. The van der Waals surface area contributed by atoms with Crippen molar-refractivity contribution < 1.29 is 9.53 Å². The summed E-state index contributed by atoms with van der Waals surface area (Å²) in [5.41, 5.74) is 1.94. The Morgan fingerprint density at radius 3 is 2.93 bits per heavy atom. The topological polar surface area (TPSA) is 55.0 Å². The van der Waals surface area contributed by atoms with Crippen molar-refractivity contribution in [1.82, 2.24) is 10.2 Å². The number of hydrogen-bond donors (Lipinski definition) is 1. The lowest BCUT2D eigenvalue weighted by Crippen LogP contribution is -2.04. The van der Waals surface area contributed by atoms with Crippen LogP contribution in [0.15, 0.2) is 12.1 Å². The molecule has 1 N–H and O–H groups in total. The highest BCUT2D eigenvalue weighted by Crippen LogP contribution is 2.27. The van der Waals surface area contributed by atoms with Gasteiger partial charge in [-0.25, -0.2) is 4.79 Å². The van der Waals surface area contributed by atoms with Crippen molar-refractivity contribution in [1.29, 1.82) is 0 Å². The minimum atomic E-state index is -0.401. The van der Waals surface area contributed by atoms with Crippen LogP contribution in [0.5, 0.6) is 0 Å². The Hall–Kier alpha value is -1.55. The number of nitrogens with zero attached hydrogens (tertiary/aromatic N) is 1. The van der Waals surface area contributed by atoms with E-state index in [-0.39, 0.29) is 0 Å². The van der Waals surface area contributed by atoms with E-state index in [1.165, 1.54) is 7.11 Å². The smallest absolute Gasteiger partial charge is 0.338 e. The Morgan fingerprint density at radius 1 is 1.53 bits per heavy atom. The van der Waals surface area contributed by atoms with Crippen LogP contribution in [0.3, 0.4) is 0 Å². The van der Waals surface area contributed by atoms with Crippen molar-refractivity contribution in [3.63, 3.8) is 0 Å². The van der Waals surface area contributed by atoms with E-state index < -0.39 is 5.97 Å². The molecule has 0 bridgehead atoms. The SMILES string of the molecule is COC(=O)c1c(C)ccc2n[nH]c(Cl)c12. The Bertz CT molecular complexity index is 533. The van der Waals surface area contributed by atoms with E-state index in [4.69, 9.17) is 16.3 Å². The minimum absolute atomic E-state index is 0.356. The van der Waals surface area contributed by atoms with E-state index in [0.717, 1.165) is 5.56 Å². The number of carbonyl (C=O) groups is 1. The van der Waals surface area contributed by atoms with Gasteiger partial charge >= 0.3 is 5.97 Å². The highest BCUT2D eigenvalue weighted by Gasteiger charge is 2.17. The molecule has 4 nitrogen and oxygen atoms in total. The van der Waals surface area contributed by atoms with Gasteiger partial charge in [-0.15, -0.1) is 0 Å². The maximum absolute atomic E-state index is 11.6. The minimum Gasteiger partial charge on any atom is -0.465 e. The zero-order valence-electron chi connectivity index (χ0n) is 8.30. The summed E-state index contributed by atoms with van der Waals surface area (Å²) in [6, 6.07) is 3.62. The molecule has 0 unspecified atom stereocenters.